The SMILES string of the molecule is CCCCCC(Cc1ccccc1OC)Cc1ccccc1OC. The molecule has 2 rings (SSSR count). The summed E-state index contributed by atoms with van der Waals surface area (Å²) in [7, 11) is 3.51. The predicted molar refractivity (Wildman–Crippen MR) is 101 cm³/mol. The van der Waals surface area contributed by atoms with E-state index in [1.165, 1.54) is 36.8 Å². The number of methoxy groups -OCH3 is 2. The molecule has 0 heterocycles. The molecule has 24 heavy (non-hydrogen) atoms. The maximum atomic E-state index is 5.54. The van der Waals surface area contributed by atoms with Gasteiger partial charge < -0.3 is 9.47 Å². The van der Waals surface area contributed by atoms with Crippen molar-refractivity contribution < 1.29 is 9.47 Å². The molecule has 0 aromatic heterocycles. The summed E-state index contributed by atoms with van der Waals surface area (Å²) in [5.41, 5.74) is 2.60. The largest absolute Gasteiger partial charge is 0.496 e. The number of hydrogen-bond donors (Lipinski definition) is 0. The van der Waals surface area contributed by atoms with Crippen molar-refractivity contribution in [3.8, 4) is 11.5 Å². The van der Waals surface area contributed by atoms with Gasteiger partial charge in [0.25, 0.3) is 0 Å². The second-order valence-corrected chi connectivity index (χ2v) is 6.39. The molecular weight excluding hydrogens is 296 g/mol. The molecule has 130 valence electrons. The van der Waals surface area contributed by atoms with E-state index in [9.17, 15) is 0 Å². The van der Waals surface area contributed by atoms with Gasteiger partial charge >= 0.3 is 0 Å². The summed E-state index contributed by atoms with van der Waals surface area (Å²) in [6, 6.07) is 16.8. The third kappa shape index (κ3) is 5.30. The molecule has 0 aliphatic heterocycles. The zero-order valence-corrected chi connectivity index (χ0v) is 15.3. The monoisotopic (exact) mass is 326 g/mol. The van der Waals surface area contributed by atoms with Crippen LogP contribution in [-0.2, 0) is 12.8 Å². The minimum Gasteiger partial charge on any atom is -0.496 e. The fourth-order valence-corrected chi connectivity index (χ4v) is 3.32. The molecule has 0 bridgehead atoms. The molecule has 0 fully saturated rings. The lowest BCUT2D eigenvalue weighted by Crippen LogP contribution is -2.10. The Bertz CT molecular complexity index is 557. The number of para-hydroxylation sites is 2. The maximum absolute atomic E-state index is 5.54. The Kier molecular flexibility index (Phi) is 7.67. The normalized spacial score (nSPS) is 10.8. The molecule has 0 amide bonds. The maximum Gasteiger partial charge on any atom is 0.122 e. The van der Waals surface area contributed by atoms with E-state index in [4.69, 9.17) is 9.47 Å². The van der Waals surface area contributed by atoms with Crippen molar-refractivity contribution in [1.29, 1.82) is 0 Å². The van der Waals surface area contributed by atoms with Gasteiger partial charge in [0.05, 0.1) is 14.2 Å². The molecular formula is C22H30O2. The van der Waals surface area contributed by atoms with Crippen LogP contribution < -0.4 is 9.47 Å². The van der Waals surface area contributed by atoms with Crippen LogP contribution in [0.1, 0.15) is 43.7 Å². The highest BCUT2D eigenvalue weighted by Crippen LogP contribution is 2.28. The van der Waals surface area contributed by atoms with Gasteiger partial charge in [0, 0.05) is 0 Å². The van der Waals surface area contributed by atoms with Crippen LogP contribution in [0.25, 0.3) is 0 Å². The predicted octanol–water partition coefficient (Wildman–Crippen LogP) is 5.69. The average molecular weight is 326 g/mol. The molecule has 0 unspecified atom stereocenters. The quantitative estimate of drug-likeness (QED) is 0.522. The lowest BCUT2D eigenvalue weighted by molar-refractivity contribution is 0.387. The van der Waals surface area contributed by atoms with Crippen molar-refractivity contribution in [2.45, 2.75) is 45.4 Å². The van der Waals surface area contributed by atoms with Crippen molar-refractivity contribution in [1.82, 2.24) is 0 Å². The number of hydrogen-bond acceptors (Lipinski definition) is 2. The van der Waals surface area contributed by atoms with E-state index < -0.39 is 0 Å². The van der Waals surface area contributed by atoms with Gasteiger partial charge in [0.15, 0.2) is 0 Å². The molecule has 2 heteroatoms. The van der Waals surface area contributed by atoms with Crippen LogP contribution in [0.2, 0.25) is 0 Å². The van der Waals surface area contributed by atoms with Gasteiger partial charge in [-0.3, -0.25) is 0 Å². The Hall–Kier alpha value is -1.96. The topological polar surface area (TPSA) is 18.5 Å². The van der Waals surface area contributed by atoms with Crippen molar-refractivity contribution in [2.75, 3.05) is 14.2 Å². The number of rotatable bonds is 10. The summed E-state index contributed by atoms with van der Waals surface area (Å²) in [4.78, 5) is 0. The van der Waals surface area contributed by atoms with E-state index in [-0.39, 0.29) is 0 Å². The molecule has 2 aromatic carbocycles. The molecule has 0 radical (unpaired) electrons. The zero-order valence-electron chi connectivity index (χ0n) is 15.3. The Balaban J connectivity index is 2.14. The number of unbranched alkanes of at least 4 members (excludes halogenated alkanes) is 2. The third-order valence-corrected chi connectivity index (χ3v) is 4.62. The first kappa shape index (κ1) is 18.4. The Morgan fingerprint density at radius 1 is 0.750 bits per heavy atom. The lowest BCUT2D eigenvalue weighted by atomic mass is 9.87. The molecule has 0 aliphatic carbocycles. The van der Waals surface area contributed by atoms with Gasteiger partial charge in [0.2, 0.25) is 0 Å². The summed E-state index contributed by atoms with van der Waals surface area (Å²) in [5, 5.41) is 0. The third-order valence-electron chi connectivity index (χ3n) is 4.62. The van der Waals surface area contributed by atoms with Crippen molar-refractivity contribution >= 4 is 0 Å². The first-order chi connectivity index (χ1) is 11.8. The lowest BCUT2D eigenvalue weighted by Gasteiger charge is -2.20. The van der Waals surface area contributed by atoms with Gasteiger partial charge in [-0.25, -0.2) is 0 Å². The number of benzene rings is 2. The molecule has 0 saturated heterocycles. The minimum absolute atomic E-state index is 0.601. The van der Waals surface area contributed by atoms with Gasteiger partial charge in [-0.05, 0) is 48.4 Å². The average Bonchev–Trinajstić information content (AvgIpc) is 2.62. The van der Waals surface area contributed by atoms with Crippen molar-refractivity contribution in [3.63, 3.8) is 0 Å². The van der Waals surface area contributed by atoms with E-state index in [0.29, 0.717) is 5.92 Å². The molecule has 0 saturated carbocycles. The summed E-state index contributed by atoms with van der Waals surface area (Å²) in [5.74, 6) is 2.60. The van der Waals surface area contributed by atoms with Crippen LogP contribution in [0.15, 0.2) is 48.5 Å². The molecule has 0 aliphatic rings. The first-order valence-corrected chi connectivity index (χ1v) is 9.02. The van der Waals surface area contributed by atoms with E-state index in [2.05, 4.69) is 43.3 Å². The number of ether oxygens (including phenoxy) is 2. The summed E-state index contributed by atoms with van der Waals surface area (Å²) in [6.07, 6.45) is 7.18. The fourth-order valence-electron chi connectivity index (χ4n) is 3.32. The van der Waals surface area contributed by atoms with Gasteiger partial charge in [-0.1, -0.05) is 62.6 Å². The second-order valence-electron chi connectivity index (χ2n) is 6.39. The van der Waals surface area contributed by atoms with Crippen LogP contribution in [0.3, 0.4) is 0 Å². The standard InChI is InChI=1S/C22H30O2/c1-4-5-6-11-18(16-19-12-7-9-14-21(19)23-2)17-20-13-8-10-15-22(20)24-3/h7-10,12-15,18H,4-6,11,16-17H2,1-3H3. The Morgan fingerprint density at radius 3 is 1.71 bits per heavy atom. The van der Waals surface area contributed by atoms with Crippen molar-refractivity contribution in [2.24, 2.45) is 5.92 Å². The van der Waals surface area contributed by atoms with E-state index in [0.717, 1.165) is 24.3 Å². The van der Waals surface area contributed by atoms with E-state index in [1.807, 2.05) is 12.1 Å². The minimum atomic E-state index is 0.601. The molecule has 2 aromatic rings. The highest BCUT2D eigenvalue weighted by atomic mass is 16.5. The summed E-state index contributed by atoms with van der Waals surface area (Å²) >= 11 is 0. The highest BCUT2D eigenvalue weighted by molar-refractivity contribution is 5.36. The second kappa shape index (κ2) is 10.0. The van der Waals surface area contributed by atoms with Crippen LogP contribution in [0.4, 0.5) is 0 Å². The van der Waals surface area contributed by atoms with Crippen LogP contribution in [0, 0.1) is 5.92 Å². The first-order valence-electron chi connectivity index (χ1n) is 9.02. The van der Waals surface area contributed by atoms with Gasteiger partial charge in [-0.15, -0.1) is 0 Å². The van der Waals surface area contributed by atoms with Crippen molar-refractivity contribution in [3.05, 3.63) is 59.7 Å². The van der Waals surface area contributed by atoms with Crippen LogP contribution in [-0.4, -0.2) is 14.2 Å². The van der Waals surface area contributed by atoms with E-state index in [1.54, 1.807) is 14.2 Å². The summed E-state index contributed by atoms with van der Waals surface area (Å²) < 4.78 is 11.1. The van der Waals surface area contributed by atoms with Gasteiger partial charge in [0.1, 0.15) is 11.5 Å². The summed E-state index contributed by atoms with van der Waals surface area (Å²) in [6.45, 7) is 2.26. The smallest absolute Gasteiger partial charge is 0.122 e. The van der Waals surface area contributed by atoms with E-state index >= 15 is 0 Å². The molecule has 2 nitrogen and oxygen atoms in total. The Labute approximate surface area is 146 Å². The molecule has 0 N–H and O–H groups in total. The molecule has 0 atom stereocenters. The molecule has 0 spiro atoms. The Morgan fingerprint density at radius 2 is 1.25 bits per heavy atom. The zero-order chi connectivity index (χ0) is 17.2. The van der Waals surface area contributed by atoms with Gasteiger partial charge in [-0.2, -0.15) is 0 Å². The van der Waals surface area contributed by atoms with Crippen LogP contribution in [0.5, 0.6) is 11.5 Å². The van der Waals surface area contributed by atoms with Crippen LogP contribution >= 0.6 is 0 Å². The highest BCUT2D eigenvalue weighted by Gasteiger charge is 2.15. The fraction of sp³-hybridized carbons (Fsp3) is 0.455.